The second-order valence-electron chi connectivity index (χ2n) is 4.82. The van der Waals surface area contributed by atoms with Crippen LogP contribution in [-0.2, 0) is 16.0 Å². The van der Waals surface area contributed by atoms with Crippen LogP contribution in [0.4, 0.5) is 5.69 Å². The molecule has 1 aromatic carbocycles. The molecule has 0 bridgehead atoms. The Morgan fingerprint density at radius 2 is 2.05 bits per heavy atom. The zero-order valence-corrected chi connectivity index (χ0v) is 11.4. The quantitative estimate of drug-likeness (QED) is 0.853. The number of carbonyl (C=O) groups is 1. The number of rotatable bonds is 5. The van der Waals surface area contributed by atoms with Crippen molar-refractivity contribution in [3.05, 3.63) is 29.8 Å². The largest absolute Gasteiger partial charge is 0.381 e. The summed E-state index contributed by atoms with van der Waals surface area (Å²) in [6.07, 6.45) is 2.79. The molecule has 0 unspecified atom stereocenters. The van der Waals surface area contributed by atoms with Gasteiger partial charge in [-0.1, -0.05) is 25.1 Å². The minimum Gasteiger partial charge on any atom is -0.381 e. The van der Waals surface area contributed by atoms with E-state index < -0.39 is 0 Å². The van der Waals surface area contributed by atoms with Gasteiger partial charge in [0.25, 0.3) is 0 Å². The number of hydrogen-bond acceptors (Lipinski definition) is 3. The lowest BCUT2D eigenvalue weighted by Gasteiger charge is -2.23. The third kappa shape index (κ3) is 4.24. The zero-order chi connectivity index (χ0) is 13.5. The summed E-state index contributed by atoms with van der Waals surface area (Å²) in [6, 6.07) is 8.37. The van der Waals surface area contributed by atoms with Crippen molar-refractivity contribution in [3.63, 3.8) is 0 Å². The molecule has 2 rings (SSSR count). The Morgan fingerprint density at radius 1 is 1.32 bits per heavy atom. The molecule has 1 amide bonds. The lowest BCUT2D eigenvalue weighted by molar-refractivity contribution is -0.120. The van der Waals surface area contributed by atoms with Crippen LogP contribution in [0.1, 0.15) is 25.3 Å². The van der Waals surface area contributed by atoms with Gasteiger partial charge in [-0.15, -0.1) is 0 Å². The summed E-state index contributed by atoms with van der Waals surface area (Å²) in [5.41, 5.74) is 2.29. The zero-order valence-electron chi connectivity index (χ0n) is 11.4. The van der Waals surface area contributed by atoms with Gasteiger partial charge in [-0.3, -0.25) is 4.79 Å². The third-order valence-electron chi connectivity index (χ3n) is 3.42. The van der Waals surface area contributed by atoms with Crippen molar-refractivity contribution >= 4 is 11.6 Å². The number of para-hydroxylation sites is 1. The van der Waals surface area contributed by atoms with Crippen molar-refractivity contribution in [2.45, 2.75) is 32.2 Å². The van der Waals surface area contributed by atoms with Gasteiger partial charge in [0.1, 0.15) is 0 Å². The number of anilines is 1. The first-order valence-electron chi connectivity index (χ1n) is 6.98. The third-order valence-corrected chi connectivity index (χ3v) is 3.42. The number of benzene rings is 1. The van der Waals surface area contributed by atoms with E-state index in [1.807, 2.05) is 18.2 Å². The molecule has 1 aliphatic rings. The topological polar surface area (TPSA) is 50.4 Å². The molecule has 0 atom stereocenters. The maximum atomic E-state index is 11.9. The van der Waals surface area contributed by atoms with E-state index in [0.717, 1.165) is 38.2 Å². The van der Waals surface area contributed by atoms with Crippen molar-refractivity contribution in [3.8, 4) is 0 Å². The van der Waals surface area contributed by atoms with Crippen molar-refractivity contribution in [2.75, 3.05) is 25.1 Å². The van der Waals surface area contributed by atoms with Gasteiger partial charge < -0.3 is 15.4 Å². The molecule has 0 aliphatic carbocycles. The Balaban J connectivity index is 1.79. The van der Waals surface area contributed by atoms with Crippen LogP contribution in [-0.4, -0.2) is 31.7 Å². The molecular weight excluding hydrogens is 240 g/mol. The van der Waals surface area contributed by atoms with Crippen LogP contribution < -0.4 is 10.6 Å². The highest BCUT2D eigenvalue weighted by Gasteiger charge is 2.15. The van der Waals surface area contributed by atoms with E-state index >= 15 is 0 Å². The molecule has 1 saturated heterocycles. The Kier molecular flexibility index (Phi) is 5.21. The predicted octanol–water partition coefficient (Wildman–Crippen LogP) is 1.96. The van der Waals surface area contributed by atoms with Crippen LogP contribution in [0.15, 0.2) is 24.3 Å². The molecule has 0 saturated carbocycles. The molecule has 0 spiro atoms. The number of amides is 1. The van der Waals surface area contributed by atoms with Crippen LogP contribution >= 0.6 is 0 Å². The molecular formula is C15H22N2O2. The Hall–Kier alpha value is -1.55. The minimum atomic E-state index is 0.0535. The van der Waals surface area contributed by atoms with Crippen molar-refractivity contribution in [1.29, 1.82) is 0 Å². The average molecular weight is 262 g/mol. The van der Waals surface area contributed by atoms with Gasteiger partial charge in [-0.05, 0) is 30.9 Å². The summed E-state index contributed by atoms with van der Waals surface area (Å²) in [5, 5.41) is 6.26. The smallest absolute Gasteiger partial charge is 0.239 e. The molecule has 104 valence electrons. The lowest BCUT2D eigenvalue weighted by atomic mass is 10.1. The molecule has 1 heterocycles. The van der Waals surface area contributed by atoms with Crippen molar-refractivity contribution in [1.82, 2.24) is 5.32 Å². The van der Waals surface area contributed by atoms with E-state index in [9.17, 15) is 4.79 Å². The van der Waals surface area contributed by atoms with Crippen LogP contribution in [0.2, 0.25) is 0 Å². The first-order chi connectivity index (χ1) is 9.29. The highest BCUT2D eigenvalue weighted by molar-refractivity contribution is 5.81. The summed E-state index contributed by atoms with van der Waals surface area (Å²) >= 11 is 0. The van der Waals surface area contributed by atoms with Gasteiger partial charge in [0.2, 0.25) is 5.91 Å². The van der Waals surface area contributed by atoms with E-state index in [-0.39, 0.29) is 11.9 Å². The summed E-state index contributed by atoms with van der Waals surface area (Å²) < 4.78 is 5.27. The Morgan fingerprint density at radius 3 is 2.79 bits per heavy atom. The summed E-state index contributed by atoms with van der Waals surface area (Å²) in [5.74, 6) is 0.0535. The molecule has 4 heteroatoms. The molecule has 0 radical (unpaired) electrons. The normalized spacial score (nSPS) is 16.1. The number of aryl methyl sites for hydroxylation is 1. The van der Waals surface area contributed by atoms with Gasteiger partial charge in [-0.25, -0.2) is 0 Å². The van der Waals surface area contributed by atoms with Crippen molar-refractivity contribution in [2.24, 2.45) is 0 Å². The molecule has 1 aromatic rings. The molecule has 1 aliphatic heterocycles. The summed E-state index contributed by atoms with van der Waals surface area (Å²) in [7, 11) is 0. The van der Waals surface area contributed by atoms with Crippen molar-refractivity contribution < 1.29 is 9.53 Å². The minimum absolute atomic E-state index is 0.0535. The van der Waals surface area contributed by atoms with Crippen LogP contribution in [0, 0.1) is 0 Å². The highest BCUT2D eigenvalue weighted by atomic mass is 16.5. The Labute approximate surface area is 114 Å². The first-order valence-corrected chi connectivity index (χ1v) is 6.98. The fourth-order valence-electron chi connectivity index (χ4n) is 2.30. The molecule has 4 nitrogen and oxygen atoms in total. The number of ether oxygens (including phenoxy) is 1. The van der Waals surface area contributed by atoms with E-state index in [1.54, 1.807) is 0 Å². The monoisotopic (exact) mass is 262 g/mol. The average Bonchev–Trinajstić information content (AvgIpc) is 2.46. The van der Waals surface area contributed by atoms with E-state index in [1.165, 1.54) is 5.56 Å². The SMILES string of the molecule is CCc1ccccc1NCC(=O)NC1CCOCC1. The van der Waals surface area contributed by atoms with Gasteiger partial charge in [0.15, 0.2) is 0 Å². The van der Waals surface area contributed by atoms with E-state index in [4.69, 9.17) is 4.74 Å². The Bertz CT molecular complexity index is 414. The molecule has 19 heavy (non-hydrogen) atoms. The first kappa shape index (κ1) is 13.9. The van der Waals surface area contributed by atoms with Crippen LogP contribution in [0.25, 0.3) is 0 Å². The molecule has 0 aromatic heterocycles. The predicted molar refractivity (Wildman–Crippen MR) is 76.3 cm³/mol. The van der Waals surface area contributed by atoms with Gasteiger partial charge in [-0.2, -0.15) is 0 Å². The maximum absolute atomic E-state index is 11.9. The highest BCUT2D eigenvalue weighted by Crippen LogP contribution is 2.14. The van der Waals surface area contributed by atoms with Gasteiger partial charge in [0, 0.05) is 24.9 Å². The summed E-state index contributed by atoms with van der Waals surface area (Å²) in [4.78, 5) is 11.9. The maximum Gasteiger partial charge on any atom is 0.239 e. The molecule has 2 N–H and O–H groups in total. The number of hydrogen-bond donors (Lipinski definition) is 2. The summed E-state index contributed by atoms with van der Waals surface area (Å²) in [6.45, 7) is 3.94. The van der Waals surface area contributed by atoms with Gasteiger partial charge >= 0.3 is 0 Å². The van der Waals surface area contributed by atoms with E-state index in [2.05, 4.69) is 23.6 Å². The van der Waals surface area contributed by atoms with Crippen LogP contribution in [0.3, 0.4) is 0 Å². The van der Waals surface area contributed by atoms with Gasteiger partial charge in [0.05, 0.1) is 6.54 Å². The van der Waals surface area contributed by atoms with Crippen LogP contribution in [0.5, 0.6) is 0 Å². The fourth-order valence-corrected chi connectivity index (χ4v) is 2.30. The second-order valence-corrected chi connectivity index (χ2v) is 4.82. The standard InChI is InChI=1S/C15H22N2O2/c1-2-12-5-3-4-6-14(12)16-11-15(18)17-13-7-9-19-10-8-13/h3-6,13,16H,2,7-11H2,1H3,(H,17,18). The second kappa shape index (κ2) is 7.14. The number of nitrogens with one attached hydrogen (secondary N) is 2. The van der Waals surface area contributed by atoms with E-state index in [0.29, 0.717) is 6.54 Å². The number of carbonyl (C=O) groups excluding carboxylic acids is 1. The lowest BCUT2D eigenvalue weighted by Crippen LogP contribution is -2.41. The molecule has 1 fully saturated rings. The fraction of sp³-hybridized carbons (Fsp3) is 0.533.